The molecule has 0 bridgehead atoms. The minimum absolute atomic E-state index is 0.0370. The van der Waals surface area contributed by atoms with Crippen LogP contribution in [0, 0.1) is 11.8 Å². The smallest absolute Gasteiger partial charge is 0.313 e. The van der Waals surface area contributed by atoms with Crippen LogP contribution in [0.3, 0.4) is 0 Å². The Morgan fingerprint density at radius 3 is 2.76 bits per heavy atom. The van der Waals surface area contributed by atoms with Crippen molar-refractivity contribution in [3.8, 4) is 0 Å². The largest absolute Gasteiger partial charge is 0.481 e. The number of aromatic nitrogens is 3. The van der Waals surface area contributed by atoms with Crippen molar-refractivity contribution in [1.82, 2.24) is 14.9 Å². The molecule has 2 aliphatic rings. The predicted octanol–water partition coefficient (Wildman–Crippen LogP) is 2.24. The summed E-state index contributed by atoms with van der Waals surface area (Å²) in [7, 11) is 0. The summed E-state index contributed by atoms with van der Waals surface area (Å²) >= 11 is 1.13. The van der Waals surface area contributed by atoms with Gasteiger partial charge in [-0.15, -0.1) is 10.2 Å². The maximum atomic E-state index is 10.6. The van der Waals surface area contributed by atoms with Crippen LogP contribution in [0.1, 0.15) is 56.7 Å². The molecule has 3 unspecified atom stereocenters. The molecular weight excluding hydrogens is 288 g/mol. The Bertz CT molecular complexity index is 519. The molecule has 0 aliphatic heterocycles. The first-order valence-corrected chi connectivity index (χ1v) is 8.68. The topological polar surface area (TPSA) is 94.0 Å². The summed E-state index contributed by atoms with van der Waals surface area (Å²) in [5, 5.41) is 17.5. The first-order valence-electron chi connectivity index (χ1n) is 7.70. The lowest BCUT2D eigenvalue weighted by atomic mass is 9.67. The molecule has 1 aromatic heterocycles. The monoisotopic (exact) mass is 310 g/mol. The summed E-state index contributed by atoms with van der Waals surface area (Å²) in [4.78, 5) is 10.6. The van der Waals surface area contributed by atoms with Crippen LogP contribution >= 0.6 is 11.8 Å². The van der Waals surface area contributed by atoms with Crippen LogP contribution in [0.15, 0.2) is 5.16 Å². The highest BCUT2D eigenvalue weighted by Crippen LogP contribution is 2.45. The Balaban J connectivity index is 1.68. The van der Waals surface area contributed by atoms with E-state index >= 15 is 0 Å². The molecule has 3 atom stereocenters. The molecule has 7 heteroatoms. The van der Waals surface area contributed by atoms with Gasteiger partial charge >= 0.3 is 5.97 Å². The van der Waals surface area contributed by atoms with Crippen molar-refractivity contribution in [3.63, 3.8) is 0 Å². The maximum Gasteiger partial charge on any atom is 0.313 e. The third kappa shape index (κ3) is 3.17. The number of nitrogen functional groups attached to an aromatic ring is 1. The quantitative estimate of drug-likeness (QED) is 0.654. The molecule has 6 nitrogen and oxygen atoms in total. The third-order valence-electron chi connectivity index (χ3n) is 4.92. The molecule has 0 radical (unpaired) electrons. The van der Waals surface area contributed by atoms with Crippen molar-refractivity contribution < 1.29 is 9.90 Å². The van der Waals surface area contributed by atoms with Crippen molar-refractivity contribution in [2.24, 2.45) is 11.8 Å². The van der Waals surface area contributed by atoms with E-state index in [4.69, 9.17) is 10.9 Å². The van der Waals surface area contributed by atoms with E-state index in [0.29, 0.717) is 11.1 Å². The molecule has 116 valence electrons. The van der Waals surface area contributed by atoms with Gasteiger partial charge in [0.25, 0.3) is 0 Å². The van der Waals surface area contributed by atoms with Crippen LogP contribution in [0.2, 0.25) is 0 Å². The van der Waals surface area contributed by atoms with E-state index in [1.54, 1.807) is 0 Å². The fourth-order valence-electron chi connectivity index (χ4n) is 3.90. The zero-order chi connectivity index (χ0) is 14.8. The number of aliphatic carboxylic acids is 1. The van der Waals surface area contributed by atoms with Crippen molar-refractivity contribution in [2.75, 3.05) is 11.6 Å². The number of thioether (sulfide) groups is 1. The molecule has 0 amide bonds. The normalized spacial score (nSPS) is 29.0. The average molecular weight is 310 g/mol. The van der Waals surface area contributed by atoms with E-state index in [9.17, 15) is 4.79 Å². The second-order valence-corrected chi connectivity index (χ2v) is 7.15. The minimum Gasteiger partial charge on any atom is -0.481 e. The Morgan fingerprint density at radius 2 is 2.00 bits per heavy atom. The van der Waals surface area contributed by atoms with E-state index in [0.717, 1.165) is 42.3 Å². The van der Waals surface area contributed by atoms with Gasteiger partial charge in [-0.2, -0.15) is 0 Å². The fraction of sp³-hybridized carbons (Fsp3) is 0.786. The molecule has 0 aromatic carbocycles. The SMILES string of the molecule is Nn1c(SCC(=O)O)nnc1C1CCC2CCCCC2C1. The first kappa shape index (κ1) is 14.7. The van der Waals surface area contributed by atoms with Crippen LogP contribution < -0.4 is 5.84 Å². The number of hydrogen-bond acceptors (Lipinski definition) is 5. The summed E-state index contributed by atoms with van der Waals surface area (Å²) in [6, 6.07) is 0. The maximum absolute atomic E-state index is 10.6. The van der Waals surface area contributed by atoms with Gasteiger partial charge in [-0.05, 0) is 31.1 Å². The van der Waals surface area contributed by atoms with Gasteiger partial charge in [0.1, 0.15) is 0 Å². The van der Waals surface area contributed by atoms with Crippen LogP contribution in [-0.4, -0.2) is 31.7 Å². The highest BCUT2D eigenvalue weighted by molar-refractivity contribution is 7.99. The van der Waals surface area contributed by atoms with Gasteiger partial charge in [0.15, 0.2) is 5.82 Å². The highest BCUT2D eigenvalue weighted by atomic mass is 32.2. The summed E-state index contributed by atoms with van der Waals surface area (Å²) < 4.78 is 1.50. The molecular formula is C14H22N4O2S. The molecule has 1 aromatic rings. The lowest BCUT2D eigenvalue weighted by molar-refractivity contribution is -0.133. The van der Waals surface area contributed by atoms with Gasteiger partial charge < -0.3 is 10.9 Å². The van der Waals surface area contributed by atoms with Gasteiger partial charge in [-0.25, -0.2) is 4.68 Å². The molecule has 21 heavy (non-hydrogen) atoms. The Kier molecular flexibility index (Phi) is 4.37. The van der Waals surface area contributed by atoms with Crippen LogP contribution in [0.25, 0.3) is 0 Å². The van der Waals surface area contributed by atoms with Crippen LogP contribution in [0.4, 0.5) is 0 Å². The number of fused-ring (bicyclic) bond motifs is 1. The molecule has 0 spiro atoms. The van der Waals surface area contributed by atoms with E-state index in [1.807, 2.05) is 0 Å². The summed E-state index contributed by atoms with van der Waals surface area (Å²) in [5.74, 6) is 8.07. The van der Waals surface area contributed by atoms with E-state index < -0.39 is 5.97 Å². The Labute approximate surface area is 128 Å². The number of nitrogens with two attached hydrogens (primary N) is 1. The number of carboxylic acid groups (broad SMARTS) is 1. The Hall–Kier alpha value is -1.24. The van der Waals surface area contributed by atoms with Crippen LogP contribution in [0.5, 0.6) is 0 Å². The number of nitrogens with zero attached hydrogens (tertiary/aromatic N) is 3. The van der Waals surface area contributed by atoms with E-state index in [-0.39, 0.29) is 5.75 Å². The van der Waals surface area contributed by atoms with Crippen molar-refractivity contribution >= 4 is 17.7 Å². The third-order valence-corrected chi connectivity index (χ3v) is 5.85. The summed E-state index contributed by atoms with van der Waals surface area (Å²) in [6.45, 7) is 0. The average Bonchev–Trinajstić information content (AvgIpc) is 2.85. The van der Waals surface area contributed by atoms with Gasteiger partial charge in [-0.1, -0.05) is 37.4 Å². The van der Waals surface area contributed by atoms with E-state index in [1.165, 1.54) is 36.8 Å². The second kappa shape index (κ2) is 6.25. The number of hydrogen-bond donors (Lipinski definition) is 2. The molecule has 2 fully saturated rings. The van der Waals surface area contributed by atoms with E-state index in [2.05, 4.69) is 10.2 Å². The zero-order valence-electron chi connectivity index (χ0n) is 12.1. The molecule has 3 N–H and O–H groups in total. The van der Waals surface area contributed by atoms with Crippen molar-refractivity contribution in [1.29, 1.82) is 0 Å². The van der Waals surface area contributed by atoms with Gasteiger partial charge in [0, 0.05) is 5.92 Å². The highest BCUT2D eigenvalue weighted by Gasteiger charge is 2.34. The Morgan fingerprint density at radius 1 is 1.24 bits per heavy atom. The zero-order valence-corrected chi connectivity index (χ0v) is 12.9. The number of carbonyl (C=O) groups is 1. The molecule has 2 saturated carbocycles. The molecule has 3 rings (SSSR count). The number of carboxylic acids is 1. The van der Waals surface area contributed by atoms with Gasteiger partial charge in [0.2, 0.25) is 5.16 Å². The van der Waals surface area contributed by atoms with Crippen molar-refractivity contribution in [2.45, 2.75) is 56.0 Å². The predicted molar refractivity (Wildman–Crippen MR) is 80.6 cm³/mol. The molecule has 1 heterocycles. The second-order valence-electron chi connectivity index (χ2n) is 6.21. The van der Waals surface area contributed by atoms with Crippen molar-refractivity contribution in [3.05, 3.63) is 5.82 Å². The summed E-state index contributed by atoms with van der Waals surface area (Å²) in [5.41, 5.74) is 0. The molecule has 0 saturated heterocycles. The fourth-order valence-corrected chi connectivity index (χ4v) is 4.48. The van der Waals surface area contributed by atoms with Gasteiger partial charge in [0.05, 0.1) is 5.75 Å². The molecule has 2 aliphatic carbocycles. The standard InChI is InChI=1S/C14H22N4O2S/c15-18-13(16-17-14(18)21-8-12(19)20)11-6-5-9-3-1-2-4-10(9)7-11/h9-11H,1-8,15H2,(H,19,20). The minimum atomic E-state index is -0.868. The van der Waals surface area contributed by atoms with Crippen LogP contribution in [-0.2, 0) is 4.79 Å². The lowest BCUT2D eigenvalue weighted by Gasteiger charge is -2.38. The van der Waals surface area contributed by atoms with Gasteiger partial charge in [-0.3, -0.25) is 4.79 Å². The number of rotatable bonds is 4. The summed E-state index contributed by atoms with van der Waals surface area (Å²) in [6.07, 6.45) is 8.99. The first-order chi connectivity index (χ1) is 10.1. The lowest BCUT2D eigenvalue weighted by Crippen LogP contribution is -2.29.